The van der Waals surface area contributed by atoms with Gasteiger partial charge in [-0.1, -0.05) is 19.1 Å². The standard InChI is InChI=1S/C26H34O4/c1-8-17-28-21-13-11-20(12-14-21)22(27)15-9-19-10-16-23(29-25(2,3)4)24(18-19)30-26(5,6)7/h9-16,18H,8,17H2,1-7H3. The van der Waals surface area contributed by atoms with Gasteiger partial charge in [0.25, 0.3) is 0 Å². The molecule has 0 aromatic heterocycles. The lowest BCUT2D eigenvalue weighted by Crippen LogP contribution is -2.26. The quantitative estimate of drug-likeness (QED) is 0.358. The third kappa shape index (κ3) is 7.94. The average molecular weight is 411 g/mol. The van der Waals surface area contributed by atoms with Gasteiger partial charge in [0.15, 0.2) is 17.3 Å². The van der Waals surface area contributed by atoms with Gasteiger partial charge in [0.1, 0.15) is 17.0 Å². The van der Waals surface area contributed by atoms with E-state index in [1.807, 2.05) is 71.9 Å². The molecular formula is C26H34O4. The molecule has 2 rings (SSSR count). The number of ether oxygens (including phenoxy) is 3. The Labute approximate surface area is 180 Å². The lowest BCUT2D eigenvalue weighted by Gasteiger charge is -2.27. The van der Waals surface area contributed by atoms with Crippen LogP contribution in [-0.2, 0) is 0 Å². The van der Waals surface area contributed by atoms with Gasteiger partial charge in [-0.15, -0.1) is 0 Å². The molecule has 0 amide bonds. The first-order valence-electron chi connectivity index (χ1n) is 10.4. The van der Waals surface area contributed by atoms with Crippen molar-refractivity contribution >= 4 is 11.9 Å². The second-order valence-electron chi connectivity index (χ2n) is 9.21. The van der Waals surface area contributed by atoms with E-state index in [4.69, 9.17) is 14.2 Å². The first-order valence-corrected chi connectivity index (χ1v) is 10.4. The zero-order chi connectivity index (χ0) is 22.4. The minimum atomic E-state index is -0.365. The fourth-order valence-electron chi connectivity index (χ4n) is 2.66. The predicted octanol–water partition coefficient (Wildman–Crippen LogP) is 6.73. The highest BCUT2D eigenvalue weighted by Gasteiger charge is 2.19. The number of allylic oxidation sites excluding steroid dienone is 1. The van der Waals surface area contributed by atoms with Crippen LogP contribution < -0.4 is 14.2 Å². The molecule has 2 aromatic carbocycles. The Kier molecular flexibility index (Phi) is 7.71. The summed E-state index contributed by atoms with van der Waals surface area (Å²) in [6.07, 6.45) is 4.31. The van der Waals surface area contributed by atoms with Crippen LogP contribution in [0.4, 0.5) is 0 Å². The van der Waals surface area contributed by atoms with Crippen molar-refractivity contribution in [2.24, 2.45) is 0 Å². The van der Waals surface area contributed by atoms with Crippen LogP contribution in [0.25, 0.3) is 6.08 Å². The highest BCUT2D eigenvalue weighted by Crippen LogP contribution is 2.34. The SMILES string of the molecule is CCCOc1ccc(C(=O)C=Cc2ccc(OC(C)(C)C)c(OC(C)(C)C)c2)cc1. The smallest absolute Gasteiger partial charge is 0.185 e. The van der Waals surface area contributed by atoms with Crippen LogP contribution in [0.5, 0.6) is 17.2 Å². The van der Waals surface area contributed by atoms with Crippen LogP contribution in [-0.4, -0.2) is 23.6 Å². The van der Waals surface area contributed by atoms with Gasteiger partial charge in [-0.3, -0.25) is 4.79 Å². The van der Waals surface area contributed by atoms with Gasteiger partial charge in [0.2, 0.25) is 0 Å². The monoisotopic (exact) mass is 410 g/mol. The molecular weight excluding hydrogens is 376 g/mol. The maximum Gasteiger partial charge on any atom is 0.185 e. The maximum absolute atomic E-state index is 12.5. The predicted molar refractivity (Wildman–Crippen MR) is 123 cm³/mol. The summed E-state index contributed by atoms with van der Waals surface area (Å²) in [5.74, 6) is 2.05. The number of carbonyl (C=O) groups excluding carboxylic acids is 1. The van der Waals surface area contributed by atoms with Crippen LogP contribution in [0, 0.1) is 0 Å². The molecule has 0 aliphatic rings. The van der Waals surface area contributed by atoms with Gasteiger partial charge < -0.3 is 14.2 Å². The maximum atomic E-state index is 12.5. The van der Waals surface area contributed by atoms with Gasteiger partial charge in [-0.05, 0) is 96.0 Å². The number of carbonyl (C=O) groups is 1. The molecule has 2 aromatic rings. The van der Waals surface area contributed by atoms with E-state index in [1.165, 1.54) is 0 Å². The Morgan fingerprint density at radius 2 is 1.47 bits per heavy atom. The van der Waals surface area contributed by atoms with E-state index in [9.17, 15) is 4.79 Å². The minimum Gasteiger partial charge on any atom is -0.494 e. The zero-order valence-corrected chi connectivity index (χ0v) is 19.2. The second kappa shape index (κ2) is 9.84. The van der Waals surface area contributed by atoms with Gasteiger partial charge in [0, 0.05) is 5.56 Å². The van der Waals surface area contributed by atoms with Gasteiger partial charge >= 0.3 is 0 Å². The molecule has 0 radical (unpaired) electrons. The lowest BCUT2D eigenvalue weighted by molar-refractivity contribution is 0.0957. The first kappa shape index (κ1) is 23.5. The molecule has 0 aliphatic heterocycles. The molecule has 4 nitrogen and oxygen atoms in total. The average Bonchev–Trinajstić information content (AvgIpc) is 2.64. The van der Waals surface area contributed by atoms with Crippen LogP contribution in [0.1, 0.15) is 70.8 Å². The van der Waals surface area contributed by atoms with Crippen LogP contribution in [0.15, 0.2) is 48.5 Å². The van der Waals surface area contributed by atoms with Gasteiger partial charge in [-0.2, -0.15) is 0 Å². The third-order valence-electron chi connectivity index (χ3n) is 3.84. The van der Waals surface area contributed by atoms with E-state index in [0.29, 0.717) is 23.7 Å². The number of hydrogen-bond donors (Lipinski definition) is 0. The van der Waals surface area contributed by atoms with E-state index >= 15 is 0 Å². The van der Waals surface area contributed by atoms with Crippen molar-refractivity contribution in [3.05, 3.63) is 59.7 Å². The Bertz CT molecular complexity index is 865. The summed E-state index contributed by atoms with van der Waals surface area (Å²) in [6.45, 7) is 14.7. The van der Waals surface area contributed by atoms with Crippen molar-refractivity contribution in [3.63, 3.8) is 0 Å². The van der Waals surface area contributed by atoms with Gasteiger partial charge in [-0.25, -0.2) is 0 Å². The molecule has 0 saturated carbocycles. The van der Waals surface area contributed by atoms with Crippen LogP contribution >= 0.6 is 0 Å². The topological polar surface area (TPSA) is 44.8 Å². The lowest BCUT2D eigenvalue weighted by atomic mass is 10.1. The largest absolute Gasteiger partial charge is 0.494 e. The number of hydrogen-bond acceptors (Lipinski definition) is 4. The molecule has 0 heterocycles. The van der Waals surface area contributed by atoms with E-state index in [2.05, 4.69) is 6.92 Å². The number of rotatable bonds is 8. The van der Waals surface area contributed by atoms with E-state index in [-0.39, 0.29) is 17.0 Å². The van der Waals surface area contributed by atoms with Crippen molar-refractivity contribution in [1.29, 1.82) is 0 Å². The van der Waals surface area contributed by atoms with Crippen molar-refractivity contribution in [2.45, 2.75) is 66.1 Å². The van der Waals surface area contributed by atoms with E-state index in [1.54, 1.807) is 24.3 Å². The Hall–Kier alpha value is -2.75. The summed E-state index contributed by atoms with van der Waals surface area (Å²) in [4.78, 5) is 12.5. The molecule has 0 aliphatic carbocycles. The molecule has 162 valence electrons. The molecule has 4 heteroatoms. The summed E-state index contributed by atoms with van der Waals surface area (Å²) in [6, 6.07) is 12.9. The highest BCUT2D eigenvalue weighted by atomic mass is 16.5. The van der Waals surface area contributed by atoms with E-state index in [0.717, 1.165) is 17.7 Å². The normalized spacial score (nSPS) is 12.1. The number of benzene rings is 2. The molecule has 30 heavy (non-hydrogen) atoms. The zero-order valence-electron chi connectivity index (χ0n) is 19.2. The molecule has 0 bridgehead atoms. The van der Waals surface area contributed by atoms with Crippen LogP contribution in [0.2, 0.25) is 0 Å². The fourth-order valence-corrected chi connectivity index (χ4v) is 2.66. The second-order valence-corrected chi connectivity index (χ2v) is 9.21. The molecule has 0 fully saturated rings. The summed E-state index contributed by atoms with van der Waals surface area (Å²) in [5.41, 5.74) is 0.784. The molecule has 0 N–H and O–H groups in total. The molecule has 0 spiro atoms. The van der Waals surface area contributed by atoms with E-state index < -0.39 is 0 Å². The molecule has 0 unspecified atom stereocenters. The Morgan fingerprint density at radius 3 is 2.03 bits per heavy atom. The van der Waals surface area contributed by atoms with Crippen molar-refractivity contribution in [2.75, 3.05) is 6.61 Å². The summed E-state index contributed by atoms with van der Waals surface area (Å²) >= 11 is 0. The van der Waals surface area contributed by atoms with Crippen molar-refractivity contribution < 1.29 is 19.0 Å². The van der Waals surface area contributed by atoms with Crippen molar-refractivity contribution in [1.82, 2.24) is 0 Å². The first-order chi connectivity index (χ1) is 14.0. The summed E-state index contributed by atoms with van der Waals surface area (Å²) in [7, 11) is 0. The van der Waals surface area contributed by atoms with Crippen molar-refractivity contribution in [3.8, 4) is 17.2 Å². The fraction of sp³-hybridized carbons (Fsp3) is 0.423. The minimum absolute atomic E-state index is 0.0645. The molecule has 0 saturated heterocycles. The highest BCUT2D eigenvalue weighted by molar-refractivity contribution is 6.06. The third-order valence-corrected chi connectivity index (χ3v) is 3.84. The summed E-state index contributed by atoms with van der Waals surface area (Å²) < 4.78 is 17.7. The van der Waals surface area contributed by atoms with Gasteiger partial charge in [0.05, 0.1) is 6.61 Å². The summed E-state index contributed by atoms with van der Waals surface area (Å²) in [5, 5.41) is 0. The van der Waals surface area contributed by atoms with Crippen LogP contribution in [0.3, 0.4) is 0 Å². The number of ketones is 1. The Balaban J connectivity index is 2.19. The Morgan fingerprint density at radius 1 is 0.867 bits per heavy atom. The molecule has 0 atom stereocenters.